The molecule has 1 amide bonds. The summed E-state index contributed by atoms with van der Waals surface area (Å²) in [5.74, 6) is 0.825. The zero-order valence-corrected chi connectivity index (χ0v) is 16.0. The molecule has 1 atom stereocenters. The smallest absolute Gasteiger partial charge is 0.242 e. The van der Waals surface area contributed by atoms with E-state index in [2.05, 4.69) is 5.16 Å². The summed E-state index contributed by atoms with van der Waals surface area (Å²) in [5.41, 5.74) is 7.20. The fourth-order valence-corrected chi connectivity index (χ4v) is 2.83. The fourth-order valence-electron chi connectivity index (χ4n) is 2.83. The first-order valence-electron chi connectivity index (χ1n) is 8.49. The summed E-state index contributed by atoms with van der Waals surface area (Å²) in [7, 11) is 1.80. The predicted octanol–water partition coefficient (Wildman–Crippen LogP) is 3.67. The summed E-state index contributed by atoms with van der Waals surface area (Å²) in [6.07, 6.45) is 3.14. The summed E-state index contributed by atoms with van der Waals surface area (Å²) in [6.45, 7) is 4.49. The van der Waals surface area contributed by atoms with Gasteiger partial charge in [0.05, 0.1) is 5.54 Å². The molecule has 0 spiro atoms. The van der Waals surface area contributed by atoms with Gasteiger partial charge in [-0.25, -0.2) is 0 Å². The molecule has 0 saturated carbocycles. The number of carbonyl (C=O) groups is 1. The van der Waals surface area contributed by atoms with Gasteiger partial charge in [0.15, 0.2) is 0 Å². The summed E-state index contributed by atoms with van der Waals surface area (Å²) in [5, 5.41) is 4.11. The Bertz CT molecular complexity index is 656. The quantitative estimate of drug-likeness (QED) is 0.774. The lowest BCUT2D eigenvalue weighted by atomic mass is 9.96. The van der Waals surface area contributed by atoms with Gasteiger partial charge in [-0.2, -0.15) is 0 Å². The predicted molar refractivity (Wildman–Crippen MR) is 103 cm³/mol. The minimum absolute atomic E-state index is 0. The average Bonchev–Trinajstić information content (AvgIpc) is 3.03. The Labute approximate surface area is 156 Å². The molecule has 2 aromatic rings. The van der Waals surface area contributed by atoms with Crippen LogP contribution in [0.5, 0.6) is 0 Å². The summed E-state index contributed by atoms with van der Waals surface area (Å²) in [4.78, 5) is 14.1. The second-order valence-electron chi connectivity index (χ2n) is 6.54. The number of halogens is 1. The second-order valence-corrected chi connectivity index (χ2v) is 6.54. The van der Waals surface area contributed by atoms with Gasteiger partial charge in [0.1, 0.15) is 11.5 Å². The van der Waals surface area contributed by atoms with Gasteiger partial charge >= 0.3 is 0 Å². The van der Waals surface area contributed by atoms with E-state index in [1.54, 1.807) is 18.9 Å². The molecule has 1 unspecified atom stereocenters. The number of amides is 1. The number of aryl methyl sites for hydroxylation is 1. The third-order valence-electron chi connectivity index (χ3n) is 4.15. The third-order valence-corrected chi connectivity index (χ3v) is 4.15. The van der Waals surface area contributed by atoms with Crippen molar-refractivity contribution in [2.45, 2.75) is 45.1 Å². The SMILES string of the molecule is CCCC(C)(N)C(=O)N(C)CCCc1cc(-c2ccccc2)no1.Cl. The lowest BCUT2D eigenvalue weighted by molar-refractivity contribution is -0.135. The molecular formula is C19H28ClN3O2. The molecule has 1 heterocycles. The second kappa shape index (κ2) is 9.59. The maximum atomic E-state index is 12.4. The minimum atomic E-state index is -0.782. The monoisotopic (exact) mass is 365 g/mol. The lowest BCUT2D eigenvalue weighted by Crippen LogP contribution is -2.52. The van der Waals surface area contributed by atoms with Crippen LogP contribution in [0.4, 0.5) is 0 Å². The number of likely N-dealkylation sites (N-methyl/N-ethyl adjacent to an activating group) is 1. The van der Waals surface area contributed by atoms with Crippen LogP contribution in [0.2, 0.25) is 0 Å². The molecule has 0 saturated heterocycles. The van der Waals surface area contributed by atoms with Crippen molar-refractivity contribution in [1.29, 1.82) is 0 Å². The Kier molecular flexibility index (Phi) is 8.13. The molecule has 0 aliphatic heterocycles. The van der Waals surface area contributed by atoms with E-state index < -0.39 is 5.54 Å². The molecule has 6 heteroatoms. The van der Waals surface area contributed by atoms with Crippen LogP contribution in [0, 0.1) is 0 Å². The van der Waals surface area contributed by atoms with Crippen LogP contribution in [0.1, 0.15) is 38.9 Å². The number of hydrogen-bond donors (Lipinski definition) is 1. The van der Waals surface area contributed by atoms with E-state index in [4.69, 9.17) is 10.3 Å². The maximum Gasteiger partial charge on any atom is 0.242 e. The first-order valence-corrected chi connectivity index (χ1v) is 8.49. The Morgan fingerprint density at radius 1 is 1.32 bits per heavy atom. The van der Waals surface area contributed by atoms with Crippen LogP contribution >= 0.6 is 12.4 Å². The molecule has 0 radical (unpaired) electrons. The van der Waals surface area contributed by atoms with Crippen LogP contribution in [0.15, 0.2) is 40.9 Å². The molecule has 2 rings (SSSR count). The molecule has 138 valence electrons. The van der Waals surface area contributed by atoms with E-state index in [9.17, 15) is 4.79 Å². The van der Waals surface area contributed by atoms with Gasteiger partial charge in [0.2, 0.25) is 5.91 Å². The van der Waals surface area contributed by atoms with Crippen LogP contribution in [-0.2, 0) is 11.2 Å². The van der Waals surface area contributed by atoms with Gasteiger partial charge in [-0.1, -0.05) is 48.8 Å². The third kappa shape index (κ3) is 5.87. The number of aromatic nitrogens is 1. The van der Waals surface area contributed by atoms with Gasteiger partial charge in [-0.3, -0.25) is 4.79 Å². The molecule has 0 bridgehead atoms. The minimum Gasteiger partial charge on any atom is -0.361 e. The van der Waals surface area contributed by atoms with E-state index in [1.807, 2.05) is 43.3 Å². The zero-order valence-electron chi connectivity index (χ0n) is 15.2. The van der Waals surface area contributed by atoms with E-state index in [0.29, 0.717) is 13.0 Å². The number of hydrogen-bond acceptors (Lipinski definition) is 4. The van der Waals surface area contributed by atoms with Crippen molar-refractivity contribution in [3.8, 4) is 11.3 Å². The Morgan fingerprint density at radius 2 is 2.00 bits per heavy atom. The average molecular weight is 366 g/mol. The molecule has 0 aliphatic rings. The van der Waals surface area contributed by atoms with E-state index in [-0.39, 0.29) is 18.3 Å². The zero-order chi connectivity index (χ0) is 17.6. The fraction of sp³-hybridized carbons (Fsp3) is 0.474. The van der Waals surface area contributed by atoms with Crippen molar-refractivity contribution in [1.82, 2.24) is 10.1 Å². The molecule has 1 aromatic heterocycles. The molecule has 0 fully saturated rings. The molecule has 0 aliphatic carbocycles. The normalized spacial score (nSPS) is 13.0. The number of nitrogens with two attached hydrogens (primary N) is 1. The van der Waals surface area contributed by atoms with Crippen molar-refractivity contribution in [3.05, 3.63) is 42.2 Å². The molecule has 2 N–H and O–H groups in total. The molecule has 5 nitrogen and oxygen atoms in total. The highest BCUT2D eigenvalue weighted by Crippen LogP contribution is 2.19. The highest BCUT2D eigenvalue weighted by molar-refractivity contribution is 5.85. The largest absolute Gasteiger partial charge is 0.361 e. The van der Waals surface area contributed by atoms with Crippen molar-refractivity contribution < 1.29 is 9.32 Å². The van der Waals surface area contributed by atoms with Gasteiger partial charge < -0.3 is 15.2 Å². The summed E-state index contributed by atoms with van der Waals surface area (Å²) >= 11 is 0. The van der Waals surface area contributed by atoms with Gasteiger partial charge in [0.25, 0.3) is 0 Å². The Hall–Kier alpha value is -1.85. The van der Waals surface area contributed by atoms with Crippen LogP contribution < -0.4 is 5.73 Å². The lowest BCUT2D eigenvalue weighted by Gasteiger charge is -2.28. The van der Waals surface area contributed by atoms with E-state index >= 15 is 0 Å². The number of nitrogens with zero attached hydrogens (tertiary/aromatic N) is 2. The summed E-state index contributed by atoms with van der Waals surface area (Å²) < 4.78 is 5.39. The van der Waals surface area contributed by atoms with Crippen molar-refractivity contribution in [2.75, 3.05) is 13.6 Å². The Balaban J connectivity index is 0.00000312. The maximum absolute atomic E-state index is 12.4. The van der Waals surface area contributed by atoms with Crippen LogP contribution in [-0.4, -0.2) is 35.1 Å². The van der Waals surface area contributed by atoms with Crippen molar-refractivity contribution in [3.63, 3.8) is 0 Å². The van der Waals surface area contributed by atoms with Gasteiger partial charge in [-0.05, 0) is 19.8 Å². The number of carbonyl (C=O) groups excluding carboxylic acids is 1. The molecule has 25 heavy (non-hydrogen) atoms. The van der Waals surface area contributed by atoms with Crippen LogP contribution in [0.3, 0.4) is 0 Å². The molecular weight excluding hydrogens is 338 g/mol. The first kappa shape index (κ1) is 21.2. The van der Waals surface area contributed by atoms with Crippen molar-refractivity contribution >= 4 is 18.3 Å². The number of rotatable bonds is 8. The van der Waals surface area contributed by atoms with Crippen molar-refractivity contribution in [2.24, 2.45) is 5.73 Å². The highest BCUT2D eigenvalue weighted by atomic mass is 35.5. The van der Waals surface area contributed by atoms with Gasteiger partial charge in [-0.15, -0.1) is 12.4 Å². The first-order chi connectivity index (χ1) is 11.4. The highest BCUT2D eigenvalue weighted by Gasteiger charge is 2.29. The van der Waals surface area contributed by atoms with E-state index in [1.165, 1.54) is 0 Å². The standard InChI is InChI=1S/C19H27N3O2.ClH/c1-4-12-19(2,20)18(23)22(3)13-8-11-16-14-17(21-24-16)15-9-6-5-7-10-15;/h5-7,9-10,14H,4,8,11-13,20H2,1-3H3;1H. The van der Waals surface area contributed by atoms with E-state index in [0.717, 1.165) is 36.3 Å². The Morgan fingerprint density at radius 3 is 2.64 bits per heavy atom. The summed E-state index contributed by atoms with van der Waals surface area (Å²) in [6, 6.07) is 11.9. The van der Waals surface area contributed by atoms with Crippen LogP contribution in [0.25, 0.3) is 11.3 Å². The number of benzene rings is 1. The van der Waals surface area contributed by atoms with Gasteiger partial charge in [0, 0.05) is 31.6 Å². The topological polar surface area (TPSA) is 72.4 Å². The molecule has 1 aromatic carbocycles.